The molecule has 164 valence electrons. The number of aromatic amines is 1. The maximum atomic E-state index is 12.8. The summed E-state index contributed by atoms with van der Waals surface area (Å²) in [4.78, 5) is 26.9. The number of rotatable bonds is 5. The Morgan fingerprint density at radius 3 is 2.59 bits per heavy atom. The average molecular weight is 432 g/mol. The van der Waals surface area contributed by atoms with Crippen molar-refractivity contribution < 1.29 is 4.74 Å². The van der Waals surface area contributed by atoms with E-state index in [4.69, 9.17) is 14.8 Å². The highest BCUT2D eigenvalue weighted by Crippen LogP contribution is 2.31. The molecule has 1 N–H and O–H groups in total. The van der Waals surface area contributed by atoms with Gasteiger partial charge in [-0.25, -0.2) is 14.6 Å². The molecular formula is C23H25N7O2. The van der Waals surface area contributed by atoms with Gasteiger partial charge in [-0.2, -0.15) is 14.6 Å². The molecule has 2 aliphatic rings. The van der Waals surface area contributed by atoms with Crippen molar-refractivity contribution in [3.8, 4) is 22.9 Å². The Bertz CT molecular complexity index is 1300. The van der Waals surface area contributed by atoms with Gasteiger partial charge in [0.25, 0.3) is 11.3 Å². The first kappa shape index (κ1) is 19.4. The second kappa shape index (κ2) is 7.98. The lowest BCUT2D eigenvalue weighted by atomic mass is 9.83. The number of hydrogen-bond acceptors (Lipinski definition) is 6. The Balaban J connectivity index is 1.42. The fourth-order valence-electron chi connectivity index (χ4n) is 4.49. The average Bonchev–Trinajstić information content (AvgIpc) is 3.42. The summed E-state index contributed by atoms with van der Waals surface area (Å²) in [7, 11) is 0. The van der Waals surface area contributed by atoms with E-state index in [-0.39, 0.29) is 11.6 Å². The Kier molecular flexibility index (Phi) is 4.83. The fourth-order valence-corrected chi connectivity index (χ4v) is 4.49. The van der Waals surface area contributed by atoms with Crippen molar-refractivity contribution in [2.24, 2.45) is 5.92 Å². The van der Waals surface area contributed by atoms with Crippen LogP contribution in [0.15, 0.2) is 41.2 Å². The maximum absolute atomic E-state index is 12.8. The second-order valence-electron chi connectivity index (χ2n) is 8.69. The van der Waals surface area contributed by atoms with E-state index in [1.165, 1.54) is 29.8 Å². The summed E-state index contributed by atoms with van der Waals surface area (Å²) in [5.74, 6) is 3.02. The molecule has 32 heavy (non-hydrogen) atoms. The summed E-state index contributed by atoms with van der Waals surface area (Å²) in [5, 5.41) is 7.98. The van der Waals surface area contributed by atoms with Crippen LogP contribution in [0.2, 0.25) is 0 Å². The molecule has 1 aliphatic carbocycles. The Hall–Kier alpha value is -3.33. The molecule has 3 aromatic heterocycles. The van der Waals surface area contributed by atoms with Gasteiger partial charge in [-0.15, -0.1) is 0 Å². The lowest BCUT2D eigenvalue weighted by Crippen LogP contribution is -2.22. The van der Waals surface area contributed by atoms with E-state index < -0.39 is 0 Å². The zero-order chi connectivity index (χ0) is 21.5. The molecule has 9 nitrogen and oxygen atoms in total. The van der Waals surface area contributed by atoms with E-state index in [2.05, 4.69) is 15.1 Å². The van der Waals surface area contributed by atoms with Crippen molar-refractivity contribution in [3.63, 3.8) is 0 Å². The third-order valence-electron chi connectivity index (χ3n) is 6.52. The lowest BCUT2D eigenvalue weighted by Gasteiger charge is -2.24. The minimum Gasteiger partial charge on any atom is -0.381 e. The van der Waals surface area contributed by atoms with Gasteiger partial charge in [-0.3, -0.25) is 9.89 Å². The summed E-state index contributed by atoms with van der Waals surface area (Å²) in [6.07, 6.45) is 6.44. The van der Waals surface area contributed by atoms with Gasteiger partial charge in [0.2, 0.25) is 0 Å². The molecule has 1 aliphatic heterocycles. The number of ether oxygens (including phenoxy) is 1. The van der Waals surface area contributed by atoms with E-state index in [1.54, 1.807) is 0 Å². The molecule has 1 saturated heterocycles. The van der Waals surface area contributed by atoms with Crippen LogP contribution in [0.3, 0.4) is 0 Å². The Morgan fingerprint density at radius 1 is 1.03 bits per heavy atom. The smallest absolute Gasteiger partial charge is 0.274 e. The SMILES string of the molecule is O=c1cc(-c2ccccc2)nc2nc(-c3nc(CC4CCC4)nn3C3CCOCC3)[nH]n12. The van der Waals surface area contributed by atoms with Crippen LogP contribution in [0.4, 0.5) is 0 Å². The predicted octanol–water partition coefficient (Wildman–Crippen LogP) is 3.04. The number of H-pyrrole nitrogens is 1. The van der Waals surface area contributed by atoms with Crippen LogP contribution in [0.25, 0.3) is 28.7 Å². The summed E-state index contributed by atoms with van der Waals surface area (Å²) in [5.41, 5.74) is 1.27. The molecule has 0 bridgehead atoms. The van der Waals surface area contributed by atoms with Crippen molar-refractivity contribution in [1.82, 2.24) is 34.3 Å². The monoisotopic (exact) mass is 431 g/mol. The van der Waals surface area contributed by atoms with Gasteiger partial charge in [-0.1, -0.05) is 49.6 Å². The third kappa shape index (κ3) is 3.52. The minimum absolute atomic E-state index is 0.208. The lowest BCUT2D eigenvalue weighted by molar-refractivity contribution is 0.0665. The van der Waals surface area contributed by atoms with Crippen LogP contribution in [-0.2, 0) is 11.2 Å². The van der Waals surface area contributed by atoms with Gasteiger partial charge in [0.15, 0.2) is 17.5 Å². The van der Waals surface area contributed by atoms with Gasteiger partial charge < -0.3 is 4.74 Å². The molecule has 0 spiro atoms. The quantitative estimate of drug-likeness (QED) is 0.521. The molecule has 4 heterocycles. The van der Waals surface area contributed by atoms with Crippen molar-refractivity contribution in [3.05, 3.63) is 52.6 Å². The first-order valence-corrected chi connectivity index (χ1v) is 11.3. The van der Waals surface area contributed by atoms with Crippen molar-refractivity contribution in [1.29, 1.82) is 0 Å². The molecule has 6 rings (SSSR count). The molecular weight excluding hydrogens is 406 g/mol. The molecule has 9 heteroatoms. The standard InChI is InChI=1S/C23H25N7O2/c31-20-14-18(16-7-2-1-3-8-16)24-23-26-21(28-30(20)23)22-25-19(13-15-5-4-6-15)27-29(22)17-9-11-32-12-10-17/h1-3,7-8,14-15,17H,4-6,9-13H2,(H,24,26,28). The van der Waals surface area contributed by atoms with E-state index in [0.717, 1.165) is 30.7 Å². The number of aromatic nitrogens is 7. The molecule has 0 radical (unpaired) electrons. The summed E-state index contributed by atoms with van der Waals surface area (Å²) in [6.45, 7) is 1.42. The van der Waals surface area contributed by atoms with Crippen LogP contribution < -0.4 is 5.56 Å². The molecule has 1 saturated carbocycles. The van der Waals surface area contributed by atoms with Crippen LogP contribution in [0, 0.1) is 5.92 Å². The Labute approximate surface area is 184 Å². The van der Waals surface area contributed by atoms with Crippen LogP contribution in [0.1, 0.15) is 44.0 Å². The van der Waals surface area contributed by atoms with Gasteiger partial charge in [0, 0.05) is 31.3 Å². The summed E-state index contributed by atoms with van der Waals surface area (Å²) in [6, 6.07) is 11.4. The van der Waals surface area contributed by atoms with E-state index in [1.807, 2.05) is 35.0 Å². The maximum Gasteiger partial charge on any atom is 0.274 e. The minimum atomic E-state index is -0.209. The highest BCUT2D eigenvalue weighted by atomic mass is 16.5. The fraction of sp³-hybridized carbons (Fsp3) is 0.435. The number of nitrogens with one attached hydrogen (secondary N) is 1. The molecule has 0 amide bonds. The zero-order valence-corrected chi connectivity index (χ0v) is 17.8. The highest BCUT2D eigenvalue weighted by Gasteiger charge is 2.27. The van der Waals surface area contributed by atoms with Gasteiger partial charge in [0.1, 0.15) is 0 Å². The largest absolute Gasteiger partial charge is 0.381 e. The molecule has 0 unspecified atom stereocenters. The number of benzene rings is 1. The van der Waals surface area contributed by atoms with Crippen molar-refractivity contribution in [2.45, 2.75) is 44.6 Å². The molecule has 0 atom stereocenters. The van der Waals surface area contributed by atoms with Crippen molar-refractivity contribution in [2.75, 3.05) is 13.2 Å². The highest BCUT2D eigenvalue weighted by molar-refractivity contribution is 5.61. The first-order valence-electron chi connectivity index (χ1n) is 11.3. The van der Waals surface area contributed by atoms with Gasteiger partial charge >= 0.3 is 0 Å². The Morgan fingerprint density at radius 2 is 1.84 bits per heavy atom. The van der Waals surface area contributed by atoms with E-state index in [0.29, 0.717) is 42.3 Å². The van der Waals surface area contributed by atoms with E-state index in [9.17, 15) is 4.79 Å². The normalized spacial score (nSPS) is 17.6. The summed E-state index contributed by atoms with van der Waals surface area (Å²) >= 11 is 0. The van der Waals surface area contributed by atoms with Gasteiger partial charge in [0.05, 0.1) is 11.7 Å². The zero-order valence-electron chi connectivity index (χ0n) is 17.8. The molecule has 4 aromatic rings. The van der Waals surface area contributed by atoms with Crippen LogP contribution in [-0.4, -0.2) is 47.6 Å². The molecule has 2 fully saturated rings. The second-order valence-corrected chi connectivity index (χ2v) is 8.69. The number of nitrogens with zero attached hydrogens (tertiary/aromatic N) is 6. The number of fused-ring (bicyclic) bond motifs is 1. The van der Waals surface area contributed by atoms with Crippen LogP contribution >= 0.6 is 0 Å². The predicted molar refractivity (Wildman–Crippen MR) is 118 cm³/mol. The van der Waals surface area contributed by atoms with E-state index >= 15 is 0 Å². The summed E-state index contributed by atoms with van der Waals surface area (Å²) < 4.78 is 8.90. The first-order chi connectivity index (χ1) is 15.7. The topological polar surface area (TPSA) is 103 Å². The number of hydrogen-bond donors (Lipinski definition) is 1. The molecule has 1 aromatic carbocycles. The van der Waals surface area contributed by atoms with Crippen molar-refractivity contribution >= 4 is 5.78 Å². The van der Waals surface area contributed by atoms with Crippen LogP contribution in [0.5, 0.6) is 0 Å². The van der Waals surface area contributed by atoms with Gasteiger partial charge in [-0.05, 0) is 18.8 Å². The third-order valence-corrected chi connectivity index (χ3v) is 6.52.